The molecule has 1 aromatic carbocycles. The van der Waals surface area contributed by atoms with Crippen molar-refractivity contribution in [1.82, 2.24) is 0 Å². The van der Waals surface area contributed by atoms with E-state index in [1.165, 1.54) is 11.1 Å². The molecule has 2 heterocycles. The Hall–Kier alpha value is -2.43. The molecule has 1 aliphatic heterocycles. The number of fused-ring (bicyclic) bond motifs is 6. The van der Waals surface area contributed by atoms with Gasteiger partial charge in [-0.2, -0.15) is 4.73 Å². The smallest absolute Gasteiger partial charge is 0.237 e. The molecule has 5 rings (SSSR count). The summed E-state index contributed by atoms with van der Waals surface area (Å²) in [5.74, 6) is 0.454. The third-order valence-electron chi connectivity index (χ3n) is 5.93. The molecule has 5 nitrogen and oxygen atoms in total. The molecule has 3 fully saturated rings. The van der Waals surface area contributed by atoms with Crippen molar-refractivity contribution in [3.63, 3.8) is 0 Å². The molecule has 4 atom stereocenters. The number of pyridine rings is 1. The monoisotopic (exact) mass is 308 g/mol. The molecule has 2 aromatic rings. The van der Waals surface area contributed by atoms with Gasteiger partial charge in [-0.05, 0) is 49.3 Å². The highest BCUT2D eigenvalue weighted by atomic mass is 16.5. The highest BCUT2D eigenvalue weighted by Gasteiger charge is 2.61. The Kier molecular flexibility index (Phi) is 2.45. The number of anilines is 1. The van der Waals surface area contributed by atoms with Crippen molar-refractivity contribution in [3.8, 4) is 0 Å². The van der Waals surface area contributed by atoms with Crippen LogP contribution in [0.1, 0.15) is 19.3 Å². The molecule has 5 heteroatoms. The van der Waals surface area contributed by atoms with Crippen LogP contribution in [0.2, 0.25) is 0 Å². The van der Waals surface area contributed by atoms with Crippen LogP contribution in [0.5, 0.6) is 0 Å². The van der Waals surface area contributed by atoms with E-state index in [0.717, 1.165) is 29.4 Å². The summed E-state index contributed by atoms with van der Waals surface area (Å²) in [5, 5.41) is 12.5. The first-order chi connectivity index (χ1) is 11.1. The van der Waals surface area contributed by atoms with Gasteiger partial charge in [-0.25, -0.2) is 0 Å². The number of nitrogens with zero attached hydrogens (tertiary/aromatic N) is 2. The first kappa shape index (κ1) is 13.0. The maximum Gasteiger partial charge on any atom is 0.237 e. The van der Waals surface area contributed by atoms with E-state index in [1.807, 2.05) is 6.07 Å². The summed E-state index contributed by atoms with van der Waals surface area (Å²) >= 11 is 0. The van der Waals surface area contributed by atoms with Gasteiger partial charge in [0.1, 0.15) is 0 Å². The van der Waals surface area contributed by atoms with Crippen molar-refractivity contribution >= 4 is 28.4 Å². The Labute approximate surface area is 133 Å². The van der Waals surface area contributed by atoms with Gasteiger partial charge in [-0.3, -0.25) is 14.5 Å². The average Bonchev–Trinajstić information content (AvgIpc) is 3.21. The molecule has 0 radical (unpaired) electrons. The molecular formula is C18H16N2O3. The minimum absolute atomic E-state index is 0.0440. The average molecular weight is 308 g/mol. The van der Waals surface area contributed by atoms with E-state index in [2.05, 4.69) is 0 Å². The molecule has 2 amide bonds. The Balaban J connectivity index is 1.60. The molecule has 3 aliphatic rings. The summed E-state index contributed by atoms with van der Waals surface area (Å²) in [6.45, 7) is 0. The summed E-state index contributed by atoms with van der Waals surface area (Å²) in [6, 6.07) is 8.64. The van der Waals surface area contributed by atoms with Gasteiger partial charge in [0.2, 0.25) is 17.3 Å². The maximum atomic E-state index is 12.8. The van der Waals surface area contributed by atoms with Crippen LogP contribution in [-0.4, -0.2) is 11.8 Å². The summed E-state index contributed by atoms with van der Waals surface area (Å²) in [4.78, 5) is 27.0. The third kappa shape index (κ3) is 1.59. The van der Waals surface area contributed by atoms with Gasteiger partial charge in [0.25, 0.3) is 0 Å². The third-order valence-corrected chi connectivity index (χ3v) is 5.93. The molecule has 2 aliphatic carbocycles. The Bertz CT molecular complexity index is 834. The molecule has 2 bridgehead atoms. The van der Waals surface area contributed by atoms with Crippen LogP contribution >= 0.6 is 0 Å². The van der Waals surface area contributed by atoms with Crippen LogP contribution in [-0.2, 0) is 9.59 Å². The lowest BCUT2D eigenvalue weighted by Crippen LogP contribution is -2.33. The van der Waals surface area contributed by atoms with Crippen LogP contribution in [0.15, 0.2) is 36.5 Å². The maximum absolute atomic E-state index is 12.8. The SMILES string of the molecule is O=C1C2[C@@H]3CC[C@@H](C3)[C@@H]2C(=O)N1c1ccc2c(ccc[n+]2[O-])c1. The number of aromatic nitrogens is 1. The van der Waals surface area contributed by atoms with E-state index in [-0.39, 0.29) is 23.7 Å². The molecule has 0 N–H and O–H groups in total. The highest BCUT2D eigenvalue weighted by Crippen LogP contribution is 2.56. The zero-order valence-electron chi connectivity index (χ0n) is 12.5. The van der Waals surface area contributed by atoms with Gasteiger partial charge < -0.3 is 5.21 Å². The molecule has 1 aromatic heterocycles. The quantitative estimate of drug-likeness (QED) is 0.460. The van der Waals surface area contributed by atoms with E-state index in [1.54, 1.807) is 24.3 Å². The number of hydrogen-bond donors (Lipinski definition) is 0. The molecule has 116 valence electrons. The zero-order valence-corrected chi connectivity index (χ0v) is 12.5. The van der Waals surface area contributed by atoms with Crippen molar-refractivity contribution in [1.29, 1.82) is 0 Å². The van der Waals surface area contributed by atoms with Crippen molar-refractivity contribution in [3.05, 3.63) is 41.7 Å². The van der Waals surface area contributed by atoms with Gasteiger partial charge in [0.15, 0.2) is 6.20 Å². The predicted molar refractivity (Wildman–Crippen MR) is 83.2 cm³/mol. The summed E-state index contributed by atoms with van der Waals surface area (Å²) in [6.07, 6.45) is 4.63. The number of amides is 2. The van der Waals surface area contributed by atoms with Crippen LogP contribution in [0.25, 0.3) is 10.9 Å². The fourth-order valence-corrected chi connectivity index (χ4v) is 4.98. The Morgan fingerprint density at radius 2 is 1.74 bits per heavy atom. The van der Waals surface area contributed by atoms with Gasteiger partial charge in [0.05, 0.1) is 17.5 Å². The molecule has 0 spiro atoms. The van der Waals surface area contributed by atoms with Crippen LogP contribution < -0.4 is 9.63 Å². The van der Waals surface area contributed by atoms with Gasteiger partial charge >= 0.3 is 0 Å². The second kappa shape index (κ2) is 4.31. The van der Waals surface area contributed by atoms with E-state index in [0.29, 0.717) is 23.0 Å². The number of carbonyl (C=O) groups is 2. The molecule has 1 unspecified atom stereocenters. The van der Waals surface area contributed by atoms with Crippen molar-refractivity contribution < 1.29 is 14.3 Å². The van der Waals surface area contributed by atoms with Crippen molar-refractivity contribution in [2.75, 3.05) is 4.90 Å². The molecule has 23 heavy (non-hydrogen) atoms. The fourth-order valence-electron chi connectivity index (χ4n) is 4.98. The summed E-state index contributed by atoms with van der Waals surface area (Å²) in [7, 11) is 0. The molecule has 1 saturated heterocycles. The van der Waals surface area contributed by atoms with Gasteiger partial charge in [-0.15, -0.1) is 0 Å². The molecule has 2 saturated carbocycles. The van der Waals surface area contributed by atoms with Crippen LogP contribution in [0, 0.1) is 28.9 Å². The zero-order chi connectivity index (χ0) is 15.7. The van der Waals surface area contributed by atoms with E-state index >= 15 is 0 Å². The number of imide groups is 1. The largest absolute Gasteiger partial charge is 0.618 e. The van der Waals surface area contributed by atoms with E-state index in [4.69, 9.17) is 0 Å². The van der Waals surface area contributed by atoms with Gasteiger partial charge in [0, 0.05) is 17.5 Å². The number of rotatable bonds is 1. The summed E-state index contributed by atoms with van der Waals surface area (Å²) < 4.78 is 0.793. The first-order valence-electron chi connectivity index (χ1n) is 8.15. The van der Waals surface area contributed by atoms with E-state index in [9.17, 15) is 14.8 Å². The van der Waals surface area contributed by atoms with Crippen molar-refractivity contribution in [2.45, 2.75) is 19.3 Å². The normalized spacial score (nSPS) is 32.1. The Morgan fingerprint density at radius 1 is 1.04 bits per heavy atom. The van der Waals surface area contributed by atoms with Crippen LogP contribution in [0.3, 0.4) is 0 Å². The number of carbonyl (C=O) groups excluding carboxylic acids is 2. The Morgan fingerprint density at radius 3 is 2.43 bits per heavy atom. The second-order valence-electron chi connectivity index (χ2n) is 6.97. The minimum atomic E-state index is -0.114. The number of hydrogen-bond acceptors (Lipinski definition) is 3. The lowest BCUT2D eigenvalue weighted by atomic mass is 9.81. The summed E-state index contributed by atoms with van der Waals surface area (Å²) in [5.41, 5.74) is 1.13. The topological polar surface area (TPSA) is 64.3 Å². The lowest BCUT2D eigenvalue weighted by molar-refractivity contribution is -0.577. The lowest BCUT2D eigenvalue weighted by Gasteiger charge is -2.19. The predicted octanol–water partition coefficient (Wildman–Crippen LogP) is 2.01. The van der Waals surface area contributed by atoms with E-state index < -0.39 is 0 Å². The molecular weight excluding hydrogens is 292 g/mol. The minimum Gasteiger partial charge on any atom is -0.618 e. The van der Waals surface area contributed by atoms with Crippen LogP contribution in [0.4, 0.5) is 5.69 Å². The van der Waals surface area contributed by atoms with Gasteiger partial charge in [-0.1, -0.05) is 0 Å². The number of benzene rings is 1. The standard InChI is InChI=1S/C18H16N2O3/c21-17-15-11-3-4-12(8-11)16(15)18(22)20(17)13-5-6-14-10(9-13)2-1-7-19(14)23/h1-2,5-7,9,11-12,15-16H,3-4,8H2/t11-,12+,15-,16?/m0/s1. The highest BCUT2D eigenvalue weighted by molar-refractivity contribution is 6.23. The first-order valence-corrected chi connectivity index (χ1v) is 8.15. The second-order valence-corrected chi connectivity index (χ2v) is 6.97. The fraction of sp³-hybridized carbons (Fsp3) is 0.389. The van der Waals surface area contributed by atoms with Crippen molar-refractivity contribution in [2.24, 2.45) is 23.7 Å².